The maximum Gasteiger partial charge on any atom is 0.242 e. The molecule has 0 radical (unpaired) electrons. The van der Waals surface area contributed by atoms with Gasteiger partial charge in [-0.1, -0.05) is 41.7 Å². The van der Waals surface area contributed by atoms with Crippen molar-refractivity contribution in [3.63, 3.8) is 0 Å². The molecule has 0 spiro atoms. The van der Waals surface area contributed by atoms with Crippen LogP contribution in [0, 0.1) is 28.9 Å². The summed E-state index contributed by atoms with van der Waals surface area (Å²) in [4.78, 5) is 9.38. The largest absolute Gasteiger partial charge is 0.259 e. The molecule has 16 heavy (non-hydrogen) atoms. The molecule has 0 atom stereocenters. The van der Waals surface area contributed by atoms with Crippen molar-refractivity contribution in [1.82, 2.24) is 0 Å². The van der Waals surface area contributed by atoms with E-state index in [4.69, 9.17) is 0 Å². The van der Waals surface area contributed by atoms with Crippen molar-refractivity contribution in [1.29, 1.82) is 0 Å². The first-order valence-corrected chi connectivity index (χ1v) is 4.73. The normalized spacial score (nSPS) is 10.3. The van der Waals surface area contributed by atoms with Crippen LogP contribution in [0.2, 0.25) is 0 Å². The zero-order valence-electron chi connectivity index (χ0n) is 8.88. The van der Waals surface area contributed by atoms with Gasteiger partial charge in [0.1, 0.15) is 0 Å². The second-order valence-electron chi connectivity index (χ2n) is 3.14. The van der Waals surface area contributed by atoms with Crippen LogP contribution >= 0.6 is 0 Å². The van der Waals surface area contributed by atoms with E-state index in [1.807, 2.05) is 37.3 Å². The highest BCUT2D eigenvalue weighted by atomic mass is 16.6. The molecule has 0 saturated heterocycles. The van der Waals surface area contributed by atoms with Gasteiger partial charge in [0.2, 0.25) is 6.20 Å². The number of nitrogens with zero attached hydrogens (tertiary/aromatic N) is 1. The van der Waals surface area contributed by atoms with Gasteiger partial charge in [-0.05, 0) is 24.6 Å². The number of nitro groups is 1. The summed E-state index contributed by atoms with van der Waals surface area (Å²) >= 11 is 0. The topological polar surface area (TPSA) is 43.1 Å². The average molecular weight is 213 g/mol. The molecule has 3 nitrogen and oxygen atoms in total. The van der Waals surface area contributed by atoms with Crippen molar-refractivity contribution in [3.05, 3.63) is 63.9 Å². The molecule has 1 rings (SSSR count). The summed E-state index contributed by atoms with van der Waals surface area (Å²) in [5, 5.41) is 9.92. The molecular weight excluding hydrogens is 202 g/mol. The smallest absolute Gasteiger partial charge is 0.242 e. The lowest BCUT2D eigenvalue weighted by Crippen LogP contribution is -1.80. The van der Waals surface area contributed by atoms with Gasteiger partial charge in [0.15, 0.2) is 0 Å². The lowest BCUT2D eigenvalue weighted by atomic mass is 10.1. The molecule has 0 aliphatic rings. The van der Waals surface area contributed by atoms with Crippen molar-refractivity contribution in [2.45, 2.75) is 6.92 Å². The summed E-state index contributed by atoms with van der Waals surface area (Å²) < 4.78 is 0. The minimum Gasteiger partial charge on any atom is -0.259 e. The van der Waals surface area contributed by atoms with Crippen molar-refractivity contribution in [2.75, 3.05) is 0 Å². The van der Waals surface area contributed by atoms with E-state index in [9.17, 15) is 10.1 Å². The van der Waals surface area contributed by atoms with E-state index in [0.29, 0.717) is 0 Å². The number of allylic oxidation sites excluding steroid dienone is 2. The molecule has 0 aliphatic carbocycles. The highest BCUT2D eigenvalue weighted by Crippen LogP contribution is 2.05. The number of hydrogen-bond donors (Lipinski definition) is 0. The molecule has 0 saturated carbocycles. The number of hydrogen-bond acceptors (Lipinski definition) is 2. The van der Waals surface area contributed by atoms with Crippen molar-refractivity contribution < 1.29 is 4.92 Å². The molecule has 0 amide bonds. The fraction of sp³-hybridized carbons (Fsp3) is 0.0769. The van der Waals surface area contributed by atoms with Crippen LogP contribution in [0.15, 0.2) is 42.6 Å². The van der Waals surface area contributed by atoms with Gasteiger partial charge in [-0.25, -0.2) is 0 Å². The maximum absolute atomic E-state index is 9.92. The van der Waals surface area contributed by atoms with Gasteiger partial charge in [0.05, 0.1) is 11.0 Å². The minimum absolute atomic E-state index is 0.543. The third-order valence-electron chi connectivity index (χ3n) is 1.76. The lowest BCUT2D eigenvalue weighted by Gasteiger charge is -1.93. The van der Waals surface area contributed by atoms with E-state index in [0.717, 1.165) is 11.8 Å². The zero-order chi connectivity index (χ0) is 11.8. The Labute approximate surface area is 94.3 Å². The van der Waals surface area contributed by atoms with Crippen LogP contribution < -0.4 is 0 Å². The third-order valence-corrected chi connectivity index (χ3v) is 1.76. The van der Waals surface area contributed by atoms with E-state index in [-0.39, 0.29) is 0 Å². The molecule has 3 heteroatoms. The van der Waals surface area contributed by atoms with E-state index >= 15 is 0 Å². The second-order valence-corrected chi connectivity index (χ2v) is 3.14. The number of rotatable bonds is 2. The monoisotopic (exact) mass is 213 g/mol. The summed E-state index contributed by atoms with van der Waals surface area (Å²) in [6, 6.07) is 7.99. The summed E-state index contributed by atoms with van der Waals surface area (Å²) in [6.07, 6.45) is 5.55. The molecule has 0 fully saturated rings. The summed E-state index contributed by atoms with van der Waals surface area (Å²) in [6.45, 7) is 2.02. The highest BCUT2D eigenvalue weighted by Gasteiger charge is 1.85. The molecule has 0 heterocycles. The predicted octanol–water partition coefficient (Wildman–Crippen LogP) is 2.80. The summed E-state index contributed by atoms with van der Waals surface area (Å²) in [5.74, 6) is 5.23. The average Bonchev–Trinajstić information content (AvgIpc) is 2.23. The van der Waals surface area contributed by atoms with Gasteiger partial charge in [0, 0.05) is 0 Å². The van der Waals surface area contributed by atoms with Gasteiger partial charge >= 0.3 is 0 Å². The van der Waals surface area contributed by atoms with Crippen LogP contribution in [0.3, 0.4) is 0 Å². The van der Waals surface area contributed by atoms with Crippen molar-refractivity contribution >= 4 is 6.08 Å². The SMILES string of the molecule is Cc1cccc(/C=C/C#C/C=C/[N+](=O)[O-])c1. The Bertz CT molecular complexity index is 490. The van der Waals surface area contributed by atoms with Crippen LogP contribution in [-0.4, -0.2) is 4.92 Å². The predicted molar refractivity (Wildman–Crippen MR) is 64.1 cm³/mol. The van der Waals surface area contributed by atoms with Crippen LogP contribution in [-0.2, 0) is 0 Å². The fourth-order valence-electron chi connectivity index (χ4n) is 1.11. The molecule has 1 aromatic rings. The van der Waals surface area contributed by atoms with E-state index in [1.54, 1.807) is 6.08 Å². The van der Waals surface area contributed by atoms with Gasteiger partial charge in [-0.3, -0.25) is 10.1 Å². The molecule has 0 unspecified atom stereocenters. The Hall–Kier alpha value is -2.34. The van der Waals surface area contributed by atoms with Crippen LogP contribution in [0.4, 0.5) is 0 Å². The molecular formula is C13H11NO2. The standard InChI is InChI=1S/C13H11NO2/c1-12-7-6-9-13(11-12)8-4-2-3-5-10-14(15)16/h4-11H,1H3/b8-4+,10-5+. The Morgan fingerprint density at radius 1 is 1.31 bits per heavy atom. The fourth-order valence-corrected chi connectivity index (χ4v) is 1.11. The Morgan fingerprint density at radius 3 is 2.75 bits per heavy atom. The van der Waals surface area contributed by atoms with Gasteiger partial charge < -0.3 is 0 Å². The lowest BCUT2D eigenvalue weighted by molar-refractivity contribution is -0.402. The Morgan fingerprint density at radius 2 is 2.06 bits per heavy atom. The maximum atomic E-state index is 9.92. The van der Waals surface area contributed by atoms with Gasteiger partial charge in [-0.15, -0.1) is 0 Å². The van der Waals surface area contributed by atoms with Gasteiger partial charge in [0.25, 0.3) is 0 Å². The molecule has 0 aromatic heterocycles. The van der Waals surface area contributed by atoms with Crippen molar-refractivity contribution in [2.24, 2.45) is 0 Å². The number of benzene rings is 1. The van der Waals surface area contributed by atoms with Crippen LogP contribution in [0.25, 0.3) is 6.08 Å². The second kappa shape index (κ2) is 6.20. The third kappa shape index (κ3) is 4.77. The Kier molecular flexibility index (Phi) is 4.55. The summed E-state index contributed by atoms with van der Waals surface area (Å²) in [7, 11) is 0. The van der Waals surface area contributed by atoms with E-state index in [1.165, 1.54) is 11.6 Å². The van der Waals surface area contributed by atoms with Crippen LogP contribution in [0.1, 0.15) is 11.1 Å². The van der Waals surface area contributed by atoms with Crippen molar-refractivity contribution in [3.8, 4) is 11.8 Å². The molecule has 80 valence electrons. The molecule has 0 bridgehead atoms. The minimum atomic E-state index is -0.543. The van der Waals surface area contributed by atoms with E-state index in [2.05, 4.69) is 11.8 Å². The zero-order valence-corrected chi connectivity index (χ0v) is 8.88. The quantitative estimate of drug-likeness (QED) is 0.430. The first-order chi connectivity index (χ1) is 7.68. The molecule has 0 N–H and O–H groups in total. The highest BCUT2D eigenvalue weighted by molar-refractivity contribution is 5.53. The number of aryl methyl sites for hydroxylation is 1. The molecule has 1 aromatic carbocycles. The first-order valence-electron chi connectivity index (χ1n) is 4.73. The molecule has 0 aliphatic heterocycles. The summed E-state index contributed by atoms with van der Waals surface area (Å²) in [5.41, 5.74) is 2.25. The van der Waals surface area contributed by atoms with Crippen LogP contribution in [0.5, 0.6) is 0 Å². The van der Waals surface area contributed by atoms with E-state index < -0.39 is 4.92 Å². The first kappa shape index (κ1) is 11.7. The Balaban J connectivity index is 2.58. The van der Waals surface area contributed by atoms with Gasteiger partial charge in [-0.2, -0.15) is 0 Å².